The third-order valence-corrected chi connectivity index (χ3v) is 5.63. The number of nitrogens with zero attached hydrogens (tertiary/aromatic N) is 2. The summed E-state index contributed by atoms with van der Waals surface area (Å²) >= 11 is 1.31. The van der Waals surface area contributed by atoms with E-state index in [1.165, 1.54) is 34.5 Å². The highest BCUT2D eigenvalue weighted by atomic mass is 32.2. The van der Waals surface area contributed by atoms with Gasteiger partial charge in [0.25, 0.3) is 5.56 Å². The Kier molecular flexibility index (Phi) is 4.47. The van der Waals surface area contributed by atoms with E-state index in [-0.39, 0.29) is 17.1 Å². The molecule has 0 unspecified atom stereocenters. The van der Waals surface area contributed by atoms with Gasteiger partial charge in [0, 0.05) is 24.4 Å². The second kappa shape index (κ2) is 6.92. The number of hydrogen-bond acceptors (Lipinski definition) is 4. The summed E-state index contributed by atoms with van der Waals surface area (Å²) in [7, 11) is 0. The number of Topliss-reactive ketones (excluding diaryl/α,β-unsaturated/α-hetero) is 1. The van der Waals surface area contributed by atoms with Gasteiger partial charge in [-0.2, -0.15) is 4.98 Å². The van der Waals surface area contributed by atoms with Crippen molar-refractivity contribution in [3.63, 3.8) is 0 Å². The molecular formula is C21H18N2O2S. The van der Waals surface area contributed by atoms with Crippen LogP contribution in [0, 0.1) is 0 Å². The molecule has 130 valence electrons. The van der Waals surface area contributed by atoms with Crippen LogP contribution in [0.15, 0.2) is 64.7 Å². The third-order valence-electron chi connectivity index (χ3n) is 4.64. The first-order valence-corrected chi connectivity index (χ1v) is 9.59. The van der Waals surface area contributed by atoms with Gasteiger partial charge in [0.1, 0.15) is 0 Å². The molecule has 0 saturated heterocycles. The molecule has 1 heterocycles. The molecule has 1 aromatic heterocycles. The predicted octanol–water partition coefficient (Wildman–Crippen LogP) is 3.81. The molecular weight excluding hydrogens is 344 g/mol. The molecule has 1 aliphatic rings. The standard InChI is InChI=1S/C21H18N2O2S/c1-2-23-10-9-20(25)22-21(23)26-13-19(24)16-8-7-15-11-14-5-3-4-6-17(14)18(15)12-16/h3-10,12H,2,11,13H2,1H3. The molecule has 4 nitrogen and oxygen atoms in total. The number of aromatic nitrogens is 2. The maximum absolute atomic E-state index is 12.7. The van der Waals surface area contributed by atoms with Gasteiger partial charge in [0.15, 0.2) is 10.9 Å². The van der Waals surface area contributed by atoms with Crippen molar-refractivity contribution in [2.45, 2.75) is 25.0 Å². The van der Waals surface area contributed by atoms with Gasteiger partial charge < -0.3 is 4.57 Å². The Balaban J connectivity index is 1.56. The highest BCUT2D eigenvalue weighted by Crippen LogP contribution is 2.37. The van der Waals surface area contributed by atoms with Crippen molar-refractivity contribution < 1.29 is 4.79 Å². The van der Waals surface area contributed by atoms with E-state index in [1.807, 2.05) is 35.8 Å². The Morgan fingerprint density at radius 2 is 1.92 bits per heavy atom. The monoisotopic (exact) mass is 362 g/mol. The number of ketones is 1. The van der Waals surface area contributed by atoms with Gasteiger partial charge in [0.2, 0.25) is 0 Å². The lowest BCUT2D eigenvalue weighted by Gasteiger charge is -2.09. The number of hydrogen-bond donors (Lipinski definition) is 0. The van der Waals surface area contributed by atoms with Crippen LogP contribution in [0.3, 0.4) is 0 Å². The van der Waals surface area contributed by atoms with Gasteiger partial charge in [-0.15, -0.1) is 0 Å². The first-order chi connectivity index (χ1) is 12.7. The summed E-state index contributed by atoms with van der Waals surface area (Å²) in [5, 5.41) is 0.583. The molecule has 1 aliphatic carbocycles. The minimum absolute atomic E-state index is 0.0444. The van der Waals surface area contributed by atoms with Crippen LogP contribution < -0.4 is 5.56 Å². The Morgan fingerprint density at radius 3 is 2.77 bits per heavy atom. The molecule has 0 bridgehead atoms. The van der Waals surface area contributed by atoms with Crippen molar-refractivity contribution >= 4 is 17.5 Å². The molecule has 2 aromatic carbocycles. The largest absolute Gasteiger partial charge is 0.328 e. The fraction of sp³-hybridized carbons (Fsp3) is 0.190. The molecule has 0 saturated carbocycles. The Morgan fingerprint density at radius 1 is 1.12 bits per heavy atom. The number of carbonyl (C=O) groups is 1. The number of fused-ring (bicyclic) bond motifs is 3. The summed E-state index contributed by atoms with van der Waals surface area (Å²) in [6.45, 7) is 2.69. The Hall–Kier alpha value is -2.66. The minimum Gasteiger partial charge on any atom is -0.328 e. The quantitative estimate of drug-likeness (QED) is 0.308. The normalized spacial score (nSPS) is 11.9. The van der Waals surface area contributed by atoms with E-state index in [0.29, 0.717) is 17.3 Å². The van der Waals surface area contributed by atoms with E-state index in [1.54, 1.807) is 6.20 Å². The molecule has 0 fully saturated rings. The average molecular weight is 362 g/mol. The average Bonchev–Trinajstić information content (AvgIpc) is 3.04. The molecule has 3 aromatic rings. The van der Waals surface area contributed by atoms with Gasteiger partial charge in [-0.3, -0.25) is 9.59 Å². The molecule has 0 spiro atoms. The lowest BCUT2D eigenvalue weighted by molar-refractivity contribution is 0.102. The SMILES string of the molecule is CCn1ccc(=O)nc1SCC(=O)c1ccc2c(c1)-c1ccccc1C2. The van der Waals surface area contributed by atoms with Crippen molar-refractivity contribution in [3.05, 3.63) is 81.8 Å². The van der Waals surface area contributed by atoms with Crippen LogP contribution in [-0.4, -0.2) is 21.1 Å². The van der Waals surface area contributed by atoms with Gasteiger partial charge in [-0.25, -0.2) is 0 Å². The zero-order chi connectivity index (χ0) is 18.1. The fourth-order valence-electron chi connectivity index (χ4n) is 3.28. The predicted molar refractivity (Wildman–Crippen MR) is 104 cm³/mol. The van der Waals surface area contributed by atoms with Crippen molar-refractivity contribution in [2.24, 2.45) is 0 Å². The number of benzene rings is 2. The van der Waals surface area contributed by atoms with Crippen LogP contribution >= 0.6 is 11.8 Å². The molecule has 0 amide bonds. The summed E-state index contributed by atoms with van der Waals surface area (Å²) in [6.07, 6.45) is 2.64. The maximum atomic E-state index is 12.7. The van der Waals surface area contributed by atoms with Crippen LogP contribution in [0.1, 0.15) is 28.4 Å². The van der Waals surface area contributed by atoms with Gasteiger partial charge >= 0.3 is 0 Å². The van der Waals surface area contributed by atoms with Crippen molar-refractivity contribution in [1.29, 1.82) is 0 Å². The molecule has 0 aliphatic heterocycles. The summed E-state index contributed by atoms with van der Waals surface area (Å²) < 4.78 is 1.87. The van der Waals surface area contributed by atoms with E-state index < -0.39 is 0 Å². The van der Waals surface area contributed by atoms with Crippen LogP contribution in [0.5, 0.6) is 0 Å². The van der Waals surface area contributed by atoms with Crippen molar-refractivity contribution in [1.82, 2.24) is 9.55 Å². The third kappa shape index (κ3) is 3.10. The van der Waals surface area contributed by atoms with Crippen molar-refractivity contribution in [3.8, 4) is 11.1 Å². The molecule has 5 heteroatoms. The number of thioether (sulfide) groups is 1. The first-order valence-electron chi connectivity index (χ1n) is 8.60. The summed E-state index contributed by atoms with van der Waals surface area (Å²) in [5.41, 5.74) is 5.36. The number of carbonyl (C=O) groups excluding carboxylic acids is 1. The van der Waals surface area contributed by atoms with Gasteiger partial charge in [-0.1, -0.05) is 48.2 Å². The van der Waals surface area contributed by atoms with E-state index in [2.05, 4.69) is 23.2 Å². The van der Waals surface area contributed by atoms with Crippen LogP contribution in [0.2, 0.25) is 0 Å². The van der Waals surface area contributed by atoms with E-state index in [0.717, 1.165) is 12.0 Å². The van der Waals surface area contributed by atoms with Crippen LogP contribution in [-0.2, 0) is 13.0 Å². The zero-order valence-electron chi connectivity index (χ0n) is 14.4. The van der Waals surface area contributed by atoms with E-state index in [4.69, 9.17) is 0 Å². The van der Waals surface area contributed by atoms with Gasteiger partial charge in [0.05, 0.1) is 5.75 Å². The van der Waals surface area contributed by atoms with Crippen LogP contribution in [0.4, 0.5) is 0 Å². The number of aryl methyl sites for hydroxylation is 1. The van der Waals surface area contributed by atoms with E-state index in [9.17, 15) is 9.59 Å². The second-order valence-electron chi connectivity index (χ2n) is 6.25. The molecule has 0 N–H and O–H groups in total. The fourth-order valence-corrected chi connectivity index (χ4v) is 4.22. The summed E-state index contributed by atoms with van der Waals surface area (Å²) in [4.78, 5) is 28.2. The maximum Gasteiger partial charge on any atom is 0.273 e. The number of rotatable bonds is 5. The first kappa shape index (κ1) is 16.8. The molecule has 4 rings (SSSR count). The molecule has 26 heavy (non-hydrogen) atoms. The highest BCUT2D eigenvalue weighted by Gasteiger charge is 2.19. The summed E-state index contributed by atoms with van der Waals surface area (Å²) in [6, 6.07) is 15.7. The topological polar surface area (TPSA) is 52.0 Å². The summed E-state index contributed by atoms with van der Waals surface area (Å²) in [5.74, 6) is 0.305. The van der Waals surface area contributed by atoms with Crippen molar-refractivity contribution in [2.75, 3.05) is 5.75 Å². The van der Waals surface area contributed by atoms with Gasteiger partial charge in [-0.05, 0) is 41.7 Å². The smallest absolute Gasteiger partial charge is 0.273 e. The van der Waals surface area contributed by atoms with Crippen LogP contribution in [0.25, 0.3) is 11.1 Å². The highest BCUT2D eigenvalue weighted by molar-refractivity contribution is 7.99. The lowest BCUT2D eigenvalue weighted by atomic mass is 10.0. The Bertz CT molecular complexity index is 1060. The minimum atomic E-state index is -0.279. The molecule has 0 atom stereocenters. The lowest BCUT2D eigenvalue weighted by Crippen LogP contribution is -2.13. The molecule has 0 radical (unpaired) electrons. The zero-order valence-corrected chi connectivity index (χ0v) is 15.3. The second-order valence-corrected chi connectivity index (χ2v) is 7.19. The Labute approximate surface area is 155 Å². The van der Waals surface area contributed by atoms with E-state index >= 15 is 0 Å².